The normalized spacial score (nSPS) is 15.0. The summed E-state index contributed by atoms with van der Waals surface area (Å²) in [6.45, 7) is 2.19. The number of hydrogen-bond donors (Lipinski definition) is 3. The summed E-state index contributed by atoms with van der Waals surface area (Å²) in [7, 11) is -3.51. The topological polar surface area (TPSA) is 121 Å². The third-order valence-corrected chi connectivity index (χ3v) is 6.70. The summed E-state index contributed by atoms with van der Waals surface area (Å²) >= 11 is 0. The van der Waals surface area contributed by atoms with Gasteiger partial charge in [0.25, 0.3) is 0 Å². The number of aromatic hydroxyl groups is 1. The summed E-state index contributed by atoms with van der Waals surface area (Å²) in [4.78, 5) is 11.1. The minimum absolute atomic E-state index is 0.0339. The zero-order valence-electron chi connectivity index (χ0n) is 17.4. The van der Waals surface area contributed by atoms with Gasteiger partial charge >= 0.3 is 5.56 Å². The van der Waals surface area contributed by atoms with E-state index in [-0.39, 0.29) is 17.3 Å². The standard InChI is InChI=1S/C21H28FN3O5S/c1-14(16-8-9-18(22)20(11-16)30-13-15-6-7-15)25-31(28,29)10-4-2-3-5-17-12-19(26)21(27)24-23-17/h8-9,11-12,14-15,25H,2-7,10,13H2,1H3,(H,23,26)(H,24,27)/t14-/m1/s1. The molecule has 1 aliphatic rings. The van der Waals surface area contributed by atoms with Crippen molar-refractivity contribution >= 4 is 10.0 Å². The molecule has 0 aliphatic heterocycles. The summed E-state index contributed by atoms with van der Waals surface area (Å²) in [5, 5.41) is 15.4. The maximum atomic E-state index is 13.9. The molecular weight excluding hydrogens is 425 g/mol. The molecule has 1 fully saturated rings. The van der Waals surface area contributed by atoms with Crippen molar-refractivity contribution in [1.82, 2.24) is 14.9 Å². The molecular formula is C21H28FN3O5S. The molecule has 8 nitrogen and oxygen atoms in total. The number of rotatable bonds is 12. The van der Waals surface area contributed by atoms with E-state index in [0.29, 0.717) is 49.5 Å². The molecule has 0 radical (unpaired) electrons. The number of nitrogens with zero attached hydrogens (tertiary/aromatic N) is 1. The molecule has 2 aromatic rings. The molecule has 3 rings (SSSR count). The summed E-state index contributed by atoms with van der Waals surface area (Å²) in [5.41, 5.74) is 0.542. The lowest BCUT2D eigenvalue weighted by Gasteiger charge is -2.16. The van der Waals surface area contributed by atoms with Gasteiger partial charge in [-0.25, -0.2) is 22.6 Å². The first-order valence-electron chi connectivity index (χ1n) is 10.4. The van der Waals surface area contributed by atoms with Crippen molar-refractivity contribution in [2.75, 3.05) is 12.4 Å². The molecule has 0 saturated heterocycles. The van der Waals surface area contributed by atoms with Crippen LogP contribution in [0, 0.1) is 11.7 Å². The number of aromatic nitrogens is 2. The molecule has 0 unspecified atom stereocenters. The fraction of sp³-hybridized carbons (Fsp3) is 0.524. The number of nitrogens with one attached hydrogen (secondary N) is 2. The monoisotopic (exact) mass is 453 g/mol. The fourth-order valence-corrected chi connectivity index (χ4v) is 4.50. The maximum Gasteiger partial charge on any atom is 0.306 e. The van der Waals surface area contributed by atoms with Gasteiger partial charge in [-0.05, 0) is 62.6 Å². The Balaban J connectivity index is 1.44. The molecule has 1 saturated carbocycles. The lowest BCUT2D eigenvalue weighted by Crippen LogP contribution is -2.29. The molecule has 0 amide bonds. The molecule has 1 aromatic carbocycles. The first kappa shape index (κ1) is 23.2. The lowest BCUT2D eigenvalue weighted by molar-refractivity contribution is 0.285. The molecule has 1 aliphatic carbocycles. The van der Waals surface area contributed by atoms with Crippen molar-refractivity contribution in [2.24, 2.45) is 5.92 Å². The van der Waals surface area contributed by atoms with Crippen molar-refractivity contribution in [3.63, 3.8) is 0 Å². The summed E-state index contributed by atoms with van der Waals surface area (Å²) < 4.78 is 46.9. The van der Waals surface area contributed by atoms with Gasteiger partial charge in [-0.2, -0.15) is 5.10 Å². The van der Waals surface area contributed by atoms with Crippen molar-refractivity contribution < 1.29 is 22.7 Å². The van der Waals surface area contributed by atoms with E-state index >= 15 is 0 Å². The Kier molecular flexibility index (Phi) is 7.66. The van der Waals surface area contributed by atoms with Crippen LogP contribution in [-0.4, -0.2) is 36.1 Å². The van der Waals surface area contributed by atoms with Gasteiger partial charge in [-0.15, -0.1) is 0 Å². The van der Waals surface area contributed by atoms with Crippen LogP contribution in [0.5, 0.6) is 11.5 Å². The number of unbranched alkanes of at least 4 members (excludes halogenated alkanes) is 2. The van der Waals surface area contributed by atoms with Gasteiger partial charge < -0.3 is 9.84 Å². The predicted octanol–water partition coefficient (Wildman–Crippen LogP) is 2.80. The van der Waals surface area contributed by atoms with Crippen LogP contribution in [0.1, 0.15) is 56.3 Å². The van der Waals surface area contributed by atoms with E-state index in [9.17, 15) is 22.7 Å². The zero-order chi connectivity index (χ0) is 22.4. The van der Waals surface area contributed by atoms with Crippen LogP contribution in [0.25, 0.3) is 0 Å². The highest BCUT2D eigenvalue weighted by molar-refractivity contribution is 7.89. The fourth-order valence-electron chi connectivity index (χ4n) is 3.13. The van der Waals surface area contributed by atoms with Crippen LogP contribution in [0.3, 0.4) is 0 Å². The Bertz CT molecular complexity index is 1050. The predicted molar refractivity (Wildman–Crippen MR) is 114 cm³/mol. The Morgan fingerprint density at radius 1 is 1.29 bits per heavy atom. The van der Waals surface area contributed by atoms with Crippen LogP contribution in [0.4, 0.5) is 4.39 Å². The van der Waals surface area contributed by atoms with E-state index < -0.39 is 27.4 Å². The van der Waals surface area contributed by atoms with Crippen molar-refractivity contribution in [1.29, 1.82) is 0 Å². The van der Waals surface area contributed by atoms with Crippen molar-refractivity contribution in [2.45, 2.75) is 51.5 Å². The van der Waals surface area contributed by atoms with Crippen LogP contribution >= 0.6 is 0 Å². The van der Waals surface area contributed by atoms with Gasteiger partial charge in [-0.1, -0.05) is 12.5 Å². The van der Waals surface area contributed by atoms with Gasteiger partial charge in [0, 0.05) is 12.1 Å². The van der Waals surface area contributed by atoms with E-state index in [2.05, 4.69) is 14.9 Å². The van der Waals surface area contributed by atoms with E-state index in [1.807, 2.05) is 0 Å². The van der Waals surface area contributed by atoms with Crippen LogP contribution in [-0.2, 0) is 16.4 Å². The number of H-pyrrole nitrogens is 1. The third kappa shape index (κ3) is 7.32. The van der Waals surface area contributed by atoms with Crippen molar-refractivity contribution in [3.05, 3.63) is 51.7 Å². The second-order valence-corrected chi connectivity index (χ2v) is 9.86. The van der Waals surface area contributed by atoms with Crippen LogP contribution < -0.4 is 15.0 Å². The molecule has 10 heteroatoms. The van der Waals surface area contributed by atoms with Crippen LogP contribution in [0.15, 0.2) is 29.1 Å². The second-order valence-electron chi connectivity index (χ2n) is 7.99. The highest BCUT2D eigenvalue weighted by atomic mass is 32.2. The number of aromatic amines is 1. The third-order valence-electron chi connectivity index (χ3n) is 5.17. The average Bonchev–Trinajstić information content (AvgIpc) is 3.53. The number of hydrogen-bond acceptors (Lipinski definition) is 6. The number of halogens is 1. The van der Waals surface area contributed by atoms with E-state index in [1.54, 1.807) is 19.1 Å². The van der Waals surface area contributed by atoms with Gasteiger partial charge in [0.2, 0.25) is 10.0 Å². The SMILES string of the molecule is C[C@@H](NS(=O)(=O)CCCCCc1cc(O)c(=O)[nH]n1)c1ccc(F)c(OCC2CC2)c1. The Labute approximate surface area is 180 Å². The molecule has 0 bridgehead atoms. The number of ether oxygens (including phenoxy) is 1. The van der Waals surface area contributed by atoms with E-state index in [4.69, 9.17) is 4.74 Å². The van der Waals surface area contributed by atoms with Crippen LogP contribution in [0.2, 0.25) is 0 Å². The summed E-state index contributed by atoms with van der Waals surface area (Å²) in [5.74, 6) is -0.229. The first-order chi connectivity index (χ1) is 14.7. The molecule has 1 heterocycles. The maximum absolute atomic E-state index is 13.9. The largest absolute Gasteiger partial charge is 0.503 e. The van der Waals surface area contributed by atoms with Crippen molar-refractivity contribution in [3.8, 4) is 11.5 Å². The van der Waals surface area contributed by atoms with Gasteiger partial charge in [-0.3, -0.25) is 4.79 Å². The Hall–Kier alpha value is -2.46. The molecule has 3 N–H and O–H groups in total. The summed E-state index contributed by atoms with van der Waals surface area (Å²) in [6.07, 6.45) is 4.49. The highest BCUT2D eigenvalue weighted by Crippen LogP contribution is 2.31. The minimum atomic E-state index is -3.51. The summed E-state index contributed by atoms with van der Waals surface area (Å²) in [6, 6.07) is 5.20. The zero-order valence-corrected chi connectivity index (χ0v) is 18.3. The van der Waals surface area contributed by atoms with Gasteiger partial charge in [0.05, 0.1) is 18.1 Å². The van der Waals surface area contributed by atoms with Gasteiger partial charge in [0.15, 0.2) is 17.3 Å². The lowest BCUT2D eigenvalue weighted by atomic mass is 10.1. The molecule has 1 atom stereocenters. The quantitative estimate of drug-likeness (QED) is 0.425. The minimum Gasteiger partial charge on any atom is -0.503 e. The van der Waals surface area contributed by atoms with Gasteiger partial charge in [0.1, 0.15) is 0 Å². The number of sulfonamides is 1. The first-order valence-corrected chi connectivity index (χ1v) is 12.1. The highest BCUT2D eigenvalue weighted by Gasteiger charge is 2.23. The second kappa shape index (κ2) is 10.2. The molecule has 170 valence electrons. The number of benzene rings is 1. The molecule has 31 heavy (non-hydrogen) atoms. The Morgan fingerprint density at radius 2 is 2.06 bits per heavy atom. The average molecular weight is 454 g/mol. The Morgan fingerprint density at radius 3 is 2.77 bits per heavy atom. The number of aryl methyl sites for hydroxylation is 1. The molecule has 0 spiro atoms. The van der Waals surface area contributed by atoms with E-state index in [0.717, 1.165) is 12.8 Å². The smallest absolute Gasteiger partial charge is 0.306 e. The van der Waals surface area contributed by atoms with E-state index in [1.165, 1.54) is 12.1 Å². The molecule has 1 aromatic heterocycles.